The lowest BCUT2D eigenvalue weighted by Gasteiger charge is -2.55. The molecule has 3 saturated heterocycles. The van der Waals surface area contributed by atoms with Crippen molar-refractivity contribution in [2.45, 2.75) is 76.2 Å². The van der Waals surface area contributed by atoms with Crippen LogP contribution in [0.2, 0.25) is 0 Å². The van der Waals surface area contributed by atoms with Crippen molar-refractivity contribution in [3.63, 3.8) is 0 Å². The zero-order chi connectivity index (χ0) is 29.2. The fraction of sp³-hybridized carbons (Fsp3) is 0.594. The summed E-state index contributed by atoms with van der Waals surface area (Å²) in [5.41, 5.74) is 4.66. The molecular weight excluding hydrogens is 538 g/mol. The molecule has 5 aliphatic heterocycles. The van der Waals surface area contributed by atoms with Gasteiger partial charge in [0.15, 0.2) is 0 Å². The molecule has 3 atom stereocenters. The van der Waals surface area contributed by atoms with Crippen LogP contribution in [-0.4, -0.2) is 83.6 Å². The van der Waals surface area contributed by atoms with E-state index in [-0.39, 0.29) is 23.3 Å². The van der Waals surface area contributed by atoms with Gasteiger partial charge in [-0.15, -0.1) is 0 Å². The number of alkyl halides is 2. The second kappa shape index (κ2) is 10.6. The van der Waals surface area contributed by atoms with Gasteiger partial charge in [-0.2, -0.15) is 0 Å². The molecule has 0 aromatic carbocycles. The van der Waals surface area contributed by atoms with Gasteiger partial charge in [0, 0.05) is 87.0 Å². The molecule has 0 aliphatic carbocycles. The van der Waals surface area contributed by atoms with Crippen molar-refractivity contribution < 1.29 is 18.3 Å². The Bertz CT molecular complexity index is 1390. The van der Waals surface area contributed by atoms with Crippen LogP contribution in [-0.2, 0) is 21.6 Å². The number of ether oxygens (including phenoxy) is 1. The Morgan fingerprint density at radius 3 is 2.64 bits per heavy atom. The van der Waals surface area contributed by atoms with E-state index in [0.29, 0.717) is 56.1 Å². The number of anilines is 2. The van der Waals surface area contributed by atoms with Gasteiger partial charge in [0.2, 0.25) is 5.91 Å². The summed E-state index contributed by atoms with van der Waals surface area (Å²) in [7, 11) is 0. The van der Waals surface area contributed by atoms with Gasteiger partial charge in [0.05, 0.1) is 17.4 Å². The largest absolute Gasteiger partial charge is 0.365 e. The number of fused-ring (bicyclic) bond motifs is 5. The van der Waals surface area contributed by atoms with Gasteiger partial charge in [-0.1, -0.05) is 6.58 Å². The average Bonchev–Trinajstić information content (AvgIpc) is 3.17. The first-order chi connectivity index (χ1) is 20.3. The number of carbonyl (C=O) groups is 1. The summed E-state index contributed by atoms with van der Waals surface area (Å²) >= 11 is 0. The number of rotatable bonds is 4. The first-order valence-corrected chi connectivity index (χ1v) is 15.4. The predicted octanol–water partition coefficient (Wildman–Crippen LogP) is 4.53. The summed E-state index contributed by atoms with van der Waals surface area (Å²) in [4.78, 5) is 30.1. The molecule has 2 aromatic rings. The maximum atomic E-state index is 14.5. The molecule has 0 bridgehead atoms. The summed E-state index contributed by atoms with van der Waals surface area (Å²) in [6.45, 7) is 13.1. The number of hydrogen-bond acceptors (Lipinski definition) is 7. The van der Waals surface area contributed by atoms with Gasteiger partial charge in [-0.05, 0) is 63.7 Å². The van der Waals surface area contributed by atoms with Crippen LogP contribution in [0.3, 0.4) is 0 Å². The Hall–Kier alpha value is -3.11. The van der Waals surface area contributed by atoms with Gasteiger partial charge >= 0.3 is 0 Å². The van der Waals surface area contributed by atoms with Crippen LogP contribution in [0.25, 0.3) is 0 Å². The van der Waals surface area contributed by atoms with Gasteiger partial charge in [0.1, 0.15) is 11.5 Å². The lowest BCUT2D eigenvalue weighted by atomic mass is 9.82. The highest BCUT2D eigenvalue weighted by molar-refractivity contribution is 5.87. The molecule has 42 heavy (non-hydrogen) atoms. The zero-order valence-corrected chi connectivity index (χ0v) is 24.6. The number of piperazine rings is 1. The quantitative estimate of drug-likeness (QED) is 0.494. The van der Waals surface area contributed by atoms with E-state index in [2.05, 4.69) is 57.2 Å². The standard InChI is InChI=1S/C32H40F2N6O2/c1-4-27(41)39-16-14-37(15-17-39)25-19-40-23(25)7-5-6-22-24(40)18-26(36-30(22)31(33)34)38-12-9-32(10-13-38)28-20(2)8-11-35-29(28)21(3)42-32/h4,8,11,18,21,23,25,31H,1,5-7,9-10,12-17,19H2,2-3H3. The normalized spacial score (nSPS) is 26.9. The Balaban J connectivity index is 1.11. The molecule has 0 N–H and O–H groups in total. The first-order valence-electron chi connectivity index (χ1n) is 15.4. The molecule has 1 spiro atoms. The van der Waals surface area contributed by atoms with Crippen molar-refractivity contribution in [3.8, 4) is 0 Å². The topological polar surface area (TPSA) is 65.0 Å². The predicted molar refractivity (Wildman–Crippen MR) is 157 cm³/mol. The molecule has 10 heteroatoms. The summed E-state index contributed by atoms with van der Waals surface area (Å²) in [5.74, 6) is 0.634. The number of hydrogen-bond donors (Lipinski definition) is 0. The molecule has 3 unspecified atom stereocenters. The van der Waals surface area contributed by atoms with E-state index in [1.807, 2.05) is 11.1 Å². The van der Waals surface area contributed by atoms with Gasteiger partial charge < -0.3 is 19.4 Å². The molecular formula is C32H40F2N6O2. The van der Waals surface area contributed by atoms with Crippen molar-refractivity contribution in [1.82, 2.24) is 19.8 Å². The smallest absolute Gasteiger partial charge is 0.280 e. The third-order valence-electron chi connectivity index (χ3n) is 10.4. The molecule has 1 amide bonds. The van der Waals surface area contributed by atoms with Crippen molar-refractivity contribution in [2.75, 3.05) is 55.6 Å². The molecule has 5 aliphatic rings. The van der Waals surface area contributed by atoms with Crippen LogP contribution < -0.4 is 9.80 Å². The van der Waals surface area contributed by atoms with E-state index in [4.69, 9.17) is 4.74 Å². The molecule has 0 radical (unpaired) electrons. The van der Waals surface area contributed by atoms with E-state index in [1.54, 1.807) is 0 Å². The van der Waals surface area contributed by atoms with Crippen LogP contribution in [0.15, 0.2) is 31.0 Å². The number of pyridine rings is 2. The summed E-state index contributed by atoms with van der Waals surface area (Å²) in [6, 6.07) is 4.79. The molecule has 7 heterocycles. The molecule has 3 fully saturated rings. The van der Waals surface area contributed by atoms with E-state index in [0.717, 1.165) is 56.7 Å². The first kappa shape index (κ1) is 27.7. The van der Waals surface area contributed by atoms with E-state index in [1.165, 1.54) is 17.2 Å². The Labute approximate surface area is 246 Å². The SMILES string of the molecule is C=CC(=O)N1CCN(C2CN3c4cc(N5CCC6(CC5)OC(C)c5nccc(C)c56)nc(C(F)F)c4CCCC23)CC1. The number of aromatic nitrogens is 2. The third-order valence-corrected chi connectivity index (χ3v) is 10.4. The Morgan fingerprint density at radius 2 is 1.93 bits per heavy atom. The highest BCUT2D eigenvalue weighted by Crippen LogP contribution is 2.50. The van der Waals surface area contributed by atoms with Crippen LogP contribution >= 0.6 is 0 Å². The highest BCUT2D eigenvalue weighted by Gasteiger charge is 2.48. The lowest BCUT2D eigenvalue weighted by Crippen LogP contribution is -2.69. The van der Waals surface area contributed by atoms with Crippen LogP contribution in [0.1, 0.15) is 73.2 Å². The van der Waals surface area contributed by atoms with E-state index < -0.39 is 6.43 Å². The van der Waals surface area contributed by atoms with Crippen LogP contribution in [0, 0.1) is 6.92 Å². The van der Waals surface area contributed by atoms with Gasteiger partial charge in [-0.25, -0.2) is 13.8 Å². The summed E-state index contributed by atoms with van der Waals surface area (Å²) in [6.07, 6.45) is 4.58. The second-order valence-electron chi connectivity index (χ2n) is 12.5. The van der Waals surface area contributed by atoms with Gasteiger partial charge in [-0.3, -0.25) is 14.7 Å². The van der Waals surface area contributed by atoms with Crippen molar-refractivity contribution in [3.05, 3.63) is 59.1 Å². The minimum Gasteiger partial charge on any atom is -0.365 e. The molecule has 7 rings (SSSR count). The number of piperidine rings is 1. The summed E-state index contributed by atoms with van der Waals surface area (Å²) in [5, 5.41) is 0. The van der Waals surface area contributed by atoms with E-state index in [9.17, 15) is 13.6 Å². The Morgan fingerprint density at radius 1 is 1.17 bits per heavy atom. The average molecular weight is 579 g/mol. The molecule has 2 aromatic heterocycles. The second-order valence-corrected chi connectivity index (χ2v) is 12.5. The number of carbonyl (C=O) groups excluding carboxylic acids is 1. The maximum Gasteiger partial charge on any atom is 0.280 e. The fourth-order valence-corrected chi connectivity index (χ4v) is 8.22. The number of aryl methyl sites for hydroxylation is 1. The van der Waals surface area contributed by atoms with Crippen molar-refractivity contribution in [2.24, 2.45) is 0 Å². The van der Waals surface area contributed by atoms with Crippen molar-refractivity contribution >= 4 is 17.4 Å². The van der Waals surface area contributed by atoms with E-state index >= 15 is 0 Å². The van der Waals surface area contributed by atoms with Crippen LogP contribution in [0.5, 0.6) is 0 Å². The lowest BCUT2D eigenvalue weighted by molar-refractivity contribution is -0.128. The number of nitrogens with zero attached hydrogens (tertiary/aromatic N) is 6. The summed E-state index contributed by atoms with van der Waals surface area (Å²) < 4.78 is 35.6. The maximum absolute atomic E-state index is 14.5. The minimum absolute atomic E-state index is 0.0125. The van der Waals surface area contributed by atoms with Gasteiger partial charge in [0.25, 0.3) is 6.43 Å². The zero-order valence-electron chi connectivity index (χ0n) is 24.6. The highest BCUT2D eigenvalue weighted by atomic mass is 19.3. The fourth-order valence-electron chi connectivity index (χ4n) is 8.22. The molecule has 224 valence electrons. The minimum atomic E-state index is -2.61. The number of amides is 1. The third kappa shape index (κ3) is 4.40. The molecule has 8 nitrogen and oxygen atoms in total. The Kier molecular flexibility index (Phi) is 6.96. The number of halogens is 2. The molecule has 0 saturated carbocycles. The van der Waals surface area contributed by atoms with Crippen LogP contribution in [0.4, 0.5) is 20.3 Å². The monoisotopic (exact) mass is 578 g/mol. The van der Waals surface area contributed by atoms with Crippen molar-refractivity contribution in [1.29, 1.82) is 0 Å².